The summed E-state index contributed by atoms with van der Waals surface area (Å²) in [5, 5.41) is 9.32. The van der Waals surface area contributed by atoms with Crippen molar-refractivity contribution in [1.29, 1.82) is 0 Å². The Hall–Kier alpha value is -1.06. The number of carbonyl (C=O) groups is 2. The molecule has 0 unspecified atom stereocenters. The van der Waals surface area contributed by atoms with Crippen molar-refractivity contribution < 1.29 is 14.7 Å². The molecule has 1 N–H and O–H groups in total. The minimum absolute atomic E-state index is 0.0896. The number of amides is 1. The second-order valence-corrected chi connectivity index (χ2v) is 6.21. The summed E-state index contributed by atoms with van der Waals surface area (Å²) in [6.45, 7) is 4.18. The van der Waals surface area contributed by atoms with E-state index in [1.54, 1.807) is 0 Å². The highest BCUT2D eigenvalue weighted by atomic mass is 16.4. The Morgan fingerprint density at radius 3 is 1.95 bits per heavy atom. The average Bonchev–Trinajstić information content (AvgIpc) is 2.38. The molecule has 2 rings (SSSR count). The second-order valence-electron chi connectivity index (χ2n) is 6.21. The molecule has 1 saturated heterocycles. The van der Waals surface area contributed by atoms with Gasteiger partial charge in [-0.25, -0.2) is 0 Å². The van der Waals surface area contributed by atoms with Gasteiger partial charge in [-0.3, -0.25) is 9.59 Å². The van der Waals surface area contributed by atoms with Gasteiger partial charge in [-0.2, -0.15) is 0 Å². The van der Waals surface area contributed by atoms with E-state index in [4.69, 9.17) is 0 Å². The predicted octanol–water partition coefficient (Wildman–Crippen LogP) is 2.67. The number of carboxylic acid groups (broad SMARTS) is 1. The zero-order chi connectivity index (χ0) is 14.0. The molecular formula is C15H25NO3. The van der Waals surface area contributed by atoms with Gasteiger partial charge in [-0.05, 0) is 46.0 Å². The zero-order valence-corrected chi connectivity index (χ0v) is 12.0. The van der Waals surface area contributed by atoms with Crippen molar-refractivity contribution in [3.8, 4) is 0 Å². The molecule has 2 aliphatic rings. The number of carbonyl (C=O) groups excluding carboxylic acids is 1. The monoisotopic (exact) mass is 267 g/mol. The van der Waals surface area contributed by atoms with Crippen molar-refractivity contribution in [1.82, 2.24) is 4.90 Å². The SMILES string of the molecule is C[C@@H]1CCC[C@@H](C)N1C(=O)[C@@H]1CCCC[C@@H]1C(=O)O. The number of piperidine rings is 1. The van der Waals surface area contributed by atoms with Gasteiger partial charge in [0.05, 0.1) is 11.8 Å². The third-order valence-electron chi connectivity index (χ3n) is 4.85. The first-order valence-corrected chi connectivity index (χ1v) is 7.57. The maximum Gasteiger partial charge on any atom is 0.307 e. The van der Waals surface area contributed by atoms with Crippen LogP contribution in [0.25, 0.3) is 0 Å². The Kier molecular flexibility index (Phi) is 4.48. The molecule has 1 amide bonds. The molecule has 1 heterocycles. The van der Waals surface area contributed by atoms with Gasteiger partial charge in [0.25, 0.3) is 0 Å². The van der Waals surface area contributed by atoms with Crippen molar-refractivity contribution in [2.45, 2.75) is 70.9 Å². The Morgan fingerprint density at radius 1 is 0.895 bits per heavy atom. The molecule has 0 bridgehead atoms. The molecule has 4 heteroatoms. The molecule has 0 aromatic rings. The van der Waals surface area contributed by atoms with E-state index in [1.165, 1.54) is 6.42 Å². The fraction of sp³-hybridized carbons (Fsp3) is 0.867. The van der Waals surface area contributed by atoms with Crippen LogP contribution in [0.1, 0.15) is 58.8 Å². The van der Waals surface area contributed by atoms with Gasteiger partial charge in [0.1, 0.15) is 0 Å². The second kappa shape index (κ2) is 5.93. The molecule has 0 aromatic heterocycles. The van der Waals surface area contributed by atoms with Crippen LogP contribution in [0.3, 0.4) is 0 Å². The molecule has 1 saturated carbocycles. The van der Waals surface area contributed by atoms with Crippen LogP contribution in [-0.2, 0) is 9.59 Å². The normalized spacial score (nSPS) is 36.0. The molecule has 4 atom stereocenters. The first-order chi connectivity index (χ1) is 9.02. The van der Waals surface area contributed by atoms with Crippen LogP contribution < -0.4 is 0 Å². The minimum atomic E-state index is -0.796. The van der Waals surface area contributed by atoms with Crippen molar-refractivity contribution >= 4 is 11.9 Å². The van der Waals surface area contributed by atoms with Crippen LogP contribution >= 0.6 is 0 Å². The molecule has 0 aromatic carbocycles. The molecule has 1 aliphatic heterocycles. The largest absolute Gasteiger partial charge is 0.481 e. The van der Waals surface area contributed by atoms with E-state index in [1.807, 2.05) is 4.90 Å². The Morgan fingerprint density at radius 2 is 1.42 bits per heavy atom. The fourth-order valence-electron chi connectivity index (χ4n) is 3.77. The molecule has 4 nitrogen and oxygen atoms in total. The summed E-state index contributed by atoms with van der Waals surface area (Å²) in [5.41, 5.74) is 0. The highest BCUT2D eigenvalue weighted by Crippen LogP contribution is 2.34. The number of likely N-dealkylation sites (tertiary alicyclic amines) is 1. The quantitative estimate of drug-likeness (QED) is 0.836. The number of aliphatic carboxylic acids is 1. The van der Waals surface area contributed by atoms with E-state index in [9.17, 15) is 14.7 Å². The lowest BCUT2D eigenvalue weighted by Gasteiger charge is -2.42. The first-order valence-electron chi connectivity index (χ1n) is 7.57. The van der Waals surface area contributed by atoms with Gasteiger partial charge in [-0.1, -0.05) is 12.8 Å². The van der Waals surface area contributed by atoms with E-state index in [2.05, 4.69) is 13.8 Å². The molecule has 0 spiro atoms. The molecule has 108 valence electrons. The van der Waals surface area contributed by atoms with Crippen LogP contribution in [0.4, 0.5) is 0 Å². The van der Waals surface area contributed by atoms with Gasteiger partial charge in [0.2, 0.25) is 5.91 Å². The lowest BCUT2D eigenvalue weighted by Crippen LogP contribution is -2.52. The summed E-state index contributed by atoms with van der Waals surface area (Å²) >= 11 is 0. The smallest absolute Gasteiger partial charge is 0.307 e. The summed E-state index contributed by atoms with van der Waals surface area (Å²) < 4.78 is 0. The van der Waals surface area contributed by atoms with Crippen molar-refractivity contribution in [3.05, 3.63) is 0 Å². The average molecular weight is 267 g/mol. The van der Waals surface area contributed by atoms with Crippen LogP contribution in [0, 0.1) is 11.8 Å². The van der Waals surface area contributed by atoms with Gasteiger partial charge < -0.3 is 10.0 Å². The van der Waals surface area contributed by atoms with Gasteiger partial charge >= 0.3 is 5.97 Å². The molecular weight excluding hydrogens is 242 g/mol. The summed E-state index contributed by atoms with van der Waals surface area (Å²) in [4.78, 5) is 26.1. The van der Waals surface area contributed by atoms with Crippen LogP contribution in [0.2, 0.25) is 0 Å². The van der Waals surface area contributed by atoms with E-state index < -0.39 is 11.9 Å². The summed E-state index contributed by atoms with van der Waals surface area (Å²) in [6, 6.07) is 0.514. The zero-order valence-electron chi connectivity index (χ0n) is 12.0. The van der Waals surface area contributed by atoms with Crippen LogP contribution in [0.15, 0.2) is 0 Å². The van der Waals surface area contributed by atoms with Crippen LogP contribution in [0.5, 0.6) is 0 Å². The number of hydrogen-bond donors (Lipinski definition) is 1. The van der Waals surface area contributed by atoms with E-state index >= 15 is 0 Å². The molecule has 1 aliphatic carbocycles. The standard InChI is InChI=1S/C15H25NO3/c1-10-6-5-7-11(2)16(10)14(17)12-8-3-4-9-13(12)15(18)19/h10-13H,3-9H2,1-2H3,(H,18,19)/t10-,11-,12-,13+/m1/s1. The van der Waals surface area contributed by atoms with Gasteiger partial charge in [0.15, 0.2) is 0 Å². The topological polar surface area (TPSA) is 57.6 Å². The van der Waals surface area contributed by atoms with Gasteiger partial charge in [-0.15, -0.1) is 0 Å². The highest BCUT2D eigenvalue weighted by Gasteiger charge is 2.40. The number of nitrogens with zero attached hydrogens (tertiary/aromatic N) is 1. The maximum atomic E-state index is 12.8. The van der Waals surface area contributed by atoms with Crippen molar-refractivity contribution in [2.75, 3.05) is 0 Å². The number of hydrogen-bond acceptors (Lipinski definition) is 2. The van der Waals surface area contributed by atoms with E-state index in [0.29, 0.717) is 6.42 Å². The first kappa shape index (κ1) is 14.4. The third kappa shape index (κ3) is 2.93. The lowest BCUT2D eigenvalue weighted by molar-refractivity contribution is -0.155. The van der Waals surface area contributed by atoms with Crippen molar-refractivity contribution in [2.24, 2.45) is 11.8 Å². The summed E-state index contributed by atoms with van der Waals surface area (Å²) in [7, 11) is 0. The van der Waals surface area contributed by atoms with E-state index in [-0.39, 0.29) is 23.9 Å². The maximum absolute atomic E-state index is 12.8. The fourth-order valence-corrected chi connectivity index (χ4v) is 3.77. The Bertz CT molecular complexity index is 345. The van der Waals surface area contributed by atoms with E-state index in [0.717, 1.165) is 32.1 Å². The third-order valence-corrected chi connectivity index (χ3v) is 4.85. The number of rotatable bonds is 2. The van der Waals surface area contributed by atoms with Gasteiger partial charge in [0, 0.05) is 12.1 Å². The van der Waals surface area contributed by atoms with Crippen LogP contribution in [-0.4, -0.2) is 34.0 Å². The Labute approximate surface area is 115 Å². The summed E-state index contributed by atoms with van der Waals surface area (Å²) in [6.07, 6.45) is 6.57. The number of carboxylic acids is 1. The van der Waals surface area contributed by atoms with Crippen molar-refractivity contribution in [3.63, 3.8) is 0 Å². The molecule has 0 radical (unpaired) electrons. The Balaban J connectivity index is 2.14. The molecule has 19 heavy (non-hydrogen) atoms. The summed E-state index contributed by atoms with van der Waals surface area (Å²) in [5.74, 6) is -1.47. The minimum Gasteiger partial charge on any atom is -0.481 e. The predicted molar refractivity (Wildman–Crippen MR) is 72.7 cm³/mol. The lowest BCUT2D eigenvalue weighted by atomic mass is 9.77. The molecule has 2 fully saturated rings. The highest BCUT2D eigenvalue weighted by molar-refractivity contribution is 5.85.